The Morgan fingerprint density at radius 1 is 1.15 bits per heavy atom. The maximum absolute atomic E-state index is 11.8. The normalized spacial score (nSPS) is 10.2. The molecule has 104 valence electrons. The van der Waals surface area contributed by atoms with Gasteiger partial charge in [0.1, 0.15) is 0 Å². The summed E-state index contributed by atoms with van der Waals surface area (Å²) in [6.07, 6.45) is 0. The number of carbonyl (C=O) groups excluding carboxylic acids is 1. The predicted molar refractivity (Wildman–Crippen MR) is 83.5 cm³/mol. The van der Waals surface area contributed by atoms with Crippen LogP contribution in [0.2, 0.25) is 10.0 Å². The lowest BCUT2D eigenvalue weighted by molar-refractivity contribution is 0.251. The van der Waals surface area contributed by atoms with Crippen LogP contribution >= 0.6 is 23.2 Å². The Hall–Kier alpha value is -1.71. The molecule has 2 rings (SSSR count). The number of benzene rings is 2. The number of hydrogen-bond acceptors (Lipinski definition) is 1. The summed E-state index contributed by atoms with van der Waals surface area (Å²) in [6.45, 7) is 2.46. The third-order valence-electron chi connectivity index (χ3n) is 2.74. The van der Waals surface area contributed by atoms with E-state index in [0.717, 1.165) is 11.1 Å². The summed E-state index contributed by atoms with van der Waals surface area (Å²) in [5.74, 6) is 0. The summed E-state index contributed by atoms with van der Waals surface area (Å²) in [5.41, 5.74) is 2.68. The smallest absolute Gasteiger partial charge is 0.319 e. The highest BCUT2D eigenvalue weighted by Gasteiger charge is 2.07. The van der Waals surface area contributed by atoms with Crippen molar-refractivity contribution in [1.82, 2.24) is 5.32 Å². The van der Waals surface area contributed by atoms with Crippen LogP contribution in [0, 0.1) is 6.92 Å². The van der Waals surface area contributed by atoms with Crippen molar-refractivity contribution in [3.05, 3.63) is 63.6 Å². The van der Waals surface area contributed by atoms with E-state index >= 15 is 0 Å². The number of anilines is 1. The lowest BCUT2D eigenvalue weighted by Gasteiger charge is -2.10. The number of amides is 2. The van der Waals surface area contributed by atoms with Gasteiger partial charge in [-0.2, -0.15) is 0 Å². The van der Waals surface area contributed by atoms with Crippen LogP contribution in [0.15, 0.2) is 42.5 Å². The maximum atomic E-state index is 11.8. The van der Waals surface area contributed by atoms with Crippen molar-refractivity contribution in [3.63, 3.8) is 0 Å². The zero-order valence-corrected chi connectivity index (χ0v) is 12.4. The average molecular weight is 309 g/mol. The Kier molecular flexibility index (Phi) is 4.88. The molecular weight excluding hydrogens is 295 g/mol. The van der Waals surface area contributed by atoms with Gasteiger partial charge in [0.2, 0.25) is 0 Å². The molecule has 0 fully saturated rings. The molecule has 0 saturated carbocycles. The molecule has 5 heteroatoms. The topological polar surface area (TPSA) is 41.1 Å². The number of hydrogen-bond donors (Lipinski definition) is 2. The Labute approximate surface area is 127 Å². The predicted octanol–water partition coefficient (Wildman–Crippen LogP) is 4.62. The number of urea groups is 1. The Balaban J connectivity index is 1.94. The van der Waals surface area contributed by atoms with Crippen LogP contribution in [0.4, 0.5) is 10.5 Å². The average Bonchev–Trinajstić information content (AvgIpc) is 2.42. The first-order valence-electron chi connectivity index (χ1n) is 6.10. The van der Waals surface area contributed by atoms with Crippen molar-refractivity contribution in [3.8, 4) is 0 Å². The lowest BCUT2D eigenvalue weighted by Crippen LogP contribution is -2.28. The molecule has 0 atom stereocenters. The number of nitrogens with one attached hydrogen (secondary N) is 2. The van der Waals surface area contributed by atoms with Gasteiger partial charge < -0.3 is 10.6 Å². The van der Waals surface area contributed by atoms with Crippen LogP contribution in [0.3, 0.4) is 0 Å². The highest BCUT2D eigenvalue weighted by molar-refractivity contribution is 6.43. The molecular formula is C15H14Cl2N2O. The molecule has 20 heavy (non-hydrogen) atoms. The van der Waals surface area contributed by atoms with E-state index in [1.54, 1.807) is 18.2 Å². The van der Waals surface area contributed by atoms with Gasteiger partial charge in [-0.3, -0.25) is 0 Å². The second-order valence-corrected chi connectivity index (χ2v) is 5.18. The number of carbonyl (C=O) groups is 1. The SMILES string of the molecule is Cc1cccc(CNC(=O)Nc2cccc(Cl)c2Cl)c1. The van der Waals surface area contributed by atoms with Crippen molar-refractivity contribution < 1.29 is 4.79 Å². The molecule has 0 aliphatic rings. The van der Waals surface area contributed by atoms with Gasteiger partial charge in [0.05, 0.1) is 15.7 Å². The summed E-state index contributed by atoms with van der Waals surface area (Å²) in [7, 11) is 0. The molecule has 0 spiro atoms. The fourth-order valence-corrected chi connectivity index (χ4v) is 2.12. The van der Waals surface area contributed by atoms with Gasteiger partial charge in [-0.05, 0) is 24.6 Å². The quantitative estimate of drug-likeness (QED) is 0.853. The molecule has 0 saturated heterocycles. The van der Waals surface area contributed by atoms with E-state index in [1.165, 1.54) is 0 Å². The third kappa shape index (κ3) is 3.89. The highest BCUT2D eigenvalue weighted by Crippen LogP contribution is 2.29. The van der Waals surface area contributed by atoms with E-state index in [-0.39, 0.29) is 6.03 Å². The molecule has 0 aromatic heterocycles. The summed E-state index contributed by atoms with van der Waals surface area (Å²) in [6, 6.07) is 12.7. The molecule has 0 bridgehead atoms. The zero-order chi connectivity index (χ0) is 14.5. The van der Waals surface area contributed by atoms with Crippen molar-refractivity contribution in [1.29, 1.82) is 0 Å². The fraction of sp³-hybridized carbons (Fsp3) is 0.133. The van der Waals surface area contributed by atoms with Crippen LogP contribution in [0.5, 0.6) is 0 Å². The number of aryl methyl sites for hydroxylation is 1. The van der Waals surface area contributed by atoms with Gasteiger partial charge >= 0.3 is 6.03 Å². The van der Waals surface area contributed by atoms with Gasteiger partial charge in [0, 0.05) is 6.54 Å². The van der Waals surface area contributed by atoms with Gasteiger partial charge in [-0.15, -0.1) is 0 Å². The lowest BCUT2D eigenvalue weighted by atomic mass is 10.1. The first-order valence-corrected chi connectivity index (χ1v) is 6.86. The maximum Gasteiger partial charge on any atom is 0.319 e. The van der Waals surface area contributed by atoms with Crippen LogP contribution < -0.4 is 10.6 Å². The van der Waals surface area contributed by atoms with E-state index in [4.69, 9.17) is 23.2 Å². The molecule has 0 unspecified atom stereocenters. The minimum absolute atomic E-state index is 0.323. The monoisotopic (exact) mass is 308 g/mol. The molecule has 3 nitrogen and oxygen atoms in total. The first kappa shape index (κ1) is 14.7. The van der Waals surface area contributed by atoms with Crippen molar-refractivity contribution in [2.45, 2.75) is 13.5 Å². The standard InChI is InChI=1S/C15H14Cl2N2O/c1-10-4-2-5-11(8-10)9-18-15(20)19-13-7-3-6-12(16)14(13)17/h2-8H,9H2,1H3,(H2,18,19,20). The second kappa shape index (κ2) is 6.64. The van der Waals surface area contributed by atoms with Gasteiger partial charge in [0.25, 0.3) is 0 Å². The zero-order valence-electron chi connectivity index (χ0n) is 10.9. The van der Waals surface area contributed by atoms with Crippen LogP contribution in [0.1, 0.15) is 11.1 Å². The molecule has 2 amide bonds. The number of rotatable bonds is 3. The summed E-state index contributed by atoms with van der Waals surface area (Å²) in [4.78, 5) is 11.8. The van der Waals surface area contributed by atoms with E-state index < -0.39 is 0 Å². The largest absolute Gasteiger partial charge is 0.334 e. The third-order valence-corrected chi connectivity index (χ3v) is 3.55. The van der Waals surface area contributed by atoms with Gasteiger partial charge in [-0.1, -0.05) is 59.1 Å². The van der Waals surface area contributed by atoms with Gasteiger partial charge in [0.15, 0.2) is 0 Å². The van der Waals surface area contributed by atoms with E-state index in [2.05, 4.69) is 10.6 Å². The fourth-order valence-electron chi connectivity index (χ4n) is 1.77. The molecule has 2 aromatic rings. The minimum Gasteiger partial charge on any atom is -0.334 e. The van der Waals surface area contributed by atoms with E-state index in [9.17, 15) is 4.79 Å². The van der Waals surface area contributed by atoms with Crippen molar-refractivity contribution in [2.24, 2.45) is 0 Å². The van der Waals surface area contributed by atoms with Crippen LogP contribution in [-0.4, -0.2) is 6.03 Å². The molecule has 2 aromatic carbocycles. The Morgan fingerprint density at radius 2 is 1.90 bits per heavy atom. The van der Waals surface area contributed by atoms with Crippen LogP contribution in [-0.2, 0) is 6.54 Å². The molecule has 0 radical (unpaired) electrons. The Morgan fingerprint density at radius 3 is 2.65 bits per heavy atom. The summed E-state index contributed by atoms with van der Waals surface area (Å²) < 4.78 is 0. The molecule has 0 heterocycles. The molecule has 0 aliphatic carbocycles. The minimum atomic E-state index is -0.323. The molecule has 0 aliphatic heterocycles. The Bertz CT molecular complexity index is 629. The van der Waals surface area contributed by atoms with Crippen LogP contribution in [0.25, 0.3) is 0 Å². The highest BCUT2D eigenvalue weighted by atomic mass is 35.5. The second-order valence-electron chi connectivity index (χ2n) is 4.40. The van der Waals surface area contributed by atoms with Crippen molar-refractivity contribution >= 4 is 34.9 Å². The van der Waals surface area contributed by atoms with Crippen molar-refractivity contribution in [2.75, 3.05) is 5.32 Å². The number of halogens is 2. The van der Waals surface area contributed by atoms with Gasteiger partial charge in [-0.25, -0.2) is 4.79 Å². The van der Waals surface area contributed by atoms with E-state index in [0.29, 0.717) is 22.3 Å². The summed E-state index contributed by atoms with van der Waals surface area (Å²) in [5, 5.41) is 6.18. The van der Waals surface area contributed by atoms with E-state index in [1.807, 2.05) is 31.2 Å². The summed E-state index contributed by atoms with van der Waals surface area (Å²) >= 11 is 11.9. The molecule has 2 N–H and O–H groups in total. The first-order chi connectivity index (χ1) is 9.56.